The van der Waals surface area contributed by atoms with Gasteiger partial charge in [0.15, 0.2) is 0 Å². The summed E-state index contributed by atoms with van der Waals surface area (Å²) in [7, 11) is 0. The largest absolute Gasteiger partial charge is 0.468 e. The predicted molar refractivity (Wildman–Crippen MR) is 85.9 cm³/mol. The van der Waals surface area contributed by atoms with Gasteiger partial charge in [-0.2, -0.15) is 0 Å². The lowest BCUT2D eigenvalue weighted by Crippen LogP contribution is -2.45. The number of carbonyl (C=O) groups excluding carboxylic acids is 1. The van der Waals surface area contributed by atoms with Crippen LogP contribution in [0.1, 0.15) is 44.3 Å². The number of piperidine rings is 1. The smallest absolute Gasteiger partial charge is 0.251 e. The van der Waals surface area contributed by atoms with Crippen molar-refractivity contribution >= 4 is 5.91 Å². The minimum absolute atomic E-state index is 0.0558. The van der Waals surface area contributed by atoms with E-state index in [-0.39, 0.29) is 17.6 Å². The molecule has 0 unspecified atom stereocenters. The molecule has 1 amide bonds. The van der Waals surface area contributed by atoms with E-state index in [1.165, 1.54) is 0 Å². The van der Waals surface area contributed by atoms with E-state index in [0.717, 1.165) is 77.0 Å². The van der Waals surface area contributed by atoms with Gasteiger partial charge in [-0.15, -0.1) is 0 Å². The van der Waals surface area contributed by atoms with Crippen molar-refractivity contribution < 1.29 is 13.9 Å². The van der Waals surface area contributed by atoms with Crippen molar-refractivity contribution in [1.29, 1.82) is 0 Å². The van der Waals surface area contributed by atoms with E-state index < -0.39 is 0 Å². The Morgan fingerprint density at radius 3 is 2.65 bits per heavy atom. The average Bonchev–Trinajstić information content (AvgIpc) is 3.31. The molecule has 3 fully saturated rings. The molecule has 0 N–H and O–H groups in total. The van der Waals surface area contributed by atoms with Crippen LogP contribution in [0, 0.1) is 0 Å². The molecule has 1 spiro atoms. The van der Waals surface area contributed by atoms with Crippen molar-refractivity contribution in [3.8, 4) is 0 Å². The number of carbonyl (C=O) groups is 1. The van der Waals surface area contributed by atoms with Crippen LogP contribution in [-0.2, 0) is 16.1 Å². The van der Waals surface area contributed by atoms with E-state index >= 15 is 0 Å². The molecule has 3 aliphatic heterocycles. The van der Waals surface area contributed by atoms with Crippen LogP contribution in [0.25, 0.3) is 0 Å². The molecular weight excluding hydrogens is 292 g/mol. The van der Waals surface area contributed by atoms with Gasteiger partial charge in [-0.25, -0.2) is 0 Å². The number of likely N-dealkylation sites (tertiary alicyclic amines) is 2. The lowest BCUT2D eigenvalue weighted by Gasteiger charge is -2.38. The van der Waals surface area contributed by atoms with E-state index in [0.29, 0.717) is 0 Å². The predicted octanol–water partition coefficient (Wildman–Crippen LogP) is 2.42. The molecule has 5 nitrogen and oxygen atoms in total. The van der Waals surface area contributed by atoms with E-state index in [9.17, 15) is 4.79 Å². The van der Waals surface area contributed by atoms with Gasteiger partial charge in [0, 0.05) is 26.2 Å². The molecule has 0 aliphatic carbocycles. The van der Waals surface area contributed by atoms with Crippen LogP contribution in [0.3, 0.4) is 0 Å². The van der Waals surface area contributed by atoms with Gasteiger partial charge in [0.05, 0.1) is 18.4 Å². The minimum atomic E-state index is -0.190. The number of ether oxygens (including phenoxy) is 1. The van der Waals surface area contributed by atoms with Crippen molar-refractivity contribution in [3.05, 3.63) is 24.2 Å². The Balaban J connectivity index is 1.30. The van der Waals surface area contributed by atoms with Crippen molar-refractivity contribution in [2.24, 2.45) is 0 Å². The van der Waals surface area contributed by atoms with Crippen molar-refractivity contribution in [3.63, 3.8) is 0 Å². The van der Waals surface area contributed by atoms with Crippen LogP contribution in [0.15, 0.2) is 22.8 Å². The van der Waals surface area contributed by atoms with Crippen molar-refractivity contribution in [2.75, 3.05) is 26.2 Å². The molecule has 4 heterocycles. The zero-order valence-corrected chi connectivity index (χ0v) is 13.7. The third-order valence-electron chi connectivity index (χ3n) is 5.67. The fourth-order valence-corrected chi connectivity index (χ4v) is 4.24. The lowest BCUT2D eigenvalue weighted by atomic mass is 9.88. The maximum absolute atomic E-state index is 12.5. The second-order valence-corrected chi connectivity index (χ2v) is 7.22. The Kier molecular flexibility index (Phi) is 4.16. The molecule has 23 heavy (non-hydrogen) atoms. The third kappa shape index (κ3) is 3.17. The Hall–Kier alpha value is -1.33. The zero-order chi connectivity index (χ0) is 15.7. The van der Waals surface area contributed by atoms with Gasteiger partial charge >= 0.3 is 0 Å². The normalized spacial score (nSPS) is 27.8. The highest BCUT2D eigenvalue weighted by atomic mass is 16.5. The molecular formula is C18H26N2O3. The number of hydrogen-bond acceptors (Lipinski definition) is 4. The first-order chi connectivity index (χ1) is 11.2. The lowest BCUT2D eigenvalue weighted by molar-refractivity contribution is -0.150. The zero-order valence-electron chi connectivity index (χ0n) is 13.7. The van der Waals surface area contributed by atoms with E-state index in [1.54, 1.807) is 6.26 Å². The molecule has 1 aromatic rings. The summed E-state index contributed by atoms with van der Waals surface area (Å²) in [6.45, 7) is 4.75. The first kappa shape index (κ1) is 15.2. The van der Waals surface area contributed by atoms with E-state index in [2.05, 4.69) is 4.90 Å². The standard InChI is InChI=1S/C18H26N2O3/c21-17(20-9-1-2-10-20)16-5-6-18(23-16)7-11-19(12-8-18)14-15-4-3-13-22-15/h3-4,13,16H,1-2,5-12,14H2/t16-/m0/s1. The maximum atomic E-state index is 12.5. The highest BCUT2D eigenvalue weighted by Gasteiger charge is 2.45. The first-order valence-corrected chi connectivity index (χ1v) is 8.96. The van der Waals surface area contributed by atoms with E-state index in [4.69, 9.17) is 9.15 Å². The van der Waals surface area contributed by atoms with Gasteiger partial charge in [-0.1, -0.05) is 0 Å². The van der Waals surface area contributed by atoms with Crippen molar-refractivity contribution in [1.82, 2.24) is 9.80 Å². The molecule has 0 bridgehead atoms. The Labute approximate surface area is 137 Å². The van der Waals surface area contributed by atoms with Gasteiger partial charge < -0.3 is 14.1 Å². The number of amides is 1. The molecule has 1 atom stereocenters. The van der Waals surface area contributed by atoms with Crippen molar-refractivity contribution in [2.45, 2.75) is 56.8 Å². The number of nitrogens with zero attached hydrogens (tertiary/aromatic N) is 2. The number of rotatable bonds is 3. The van der Waals surface area contributed by atoms with Gasteiger partial charge in [0.1, 0.15) is 11.9 Å². The molecule has 3 aliphatic rings. The van der Waals surface area contributed by atoms with E-state index in [1.807, 2.05) is 17.0 Å². The molecule has 0 aromatic carbocycles. The molecule has 0 saturated carbocycles. The SMILES string of the molecule is O=C([C@@H]1CCC2(CCN(Cc3ccco3)CC2)O1)N1CCCC1. The second kappa shape index (κ2) is 6.29. The van der Waals surface area contributed by atoms with Crippen LogP contribution in [-0.4, -0.2) is 53.6 Å². The minimum Gasteiger partial charge on any atom is -0.468 e. The molecule has 3 saturated heterocycles. The molecule has 0 radical (unpaired) electrons. The van der Waals surface area contributed by atoms with Crippen LogP contribution in [0.4, 0.5) is 0 Å². The molecule has 4 rings (SSSR count). The number of hydrogen-bond donors (Lipinski definition) is 0. The average molecular weight is 318 g/mol. The topological polar surface area (TPSA) is 45.9 Å². The van der Waals surface area contributed by atoms with Crippen LogP contribution < -0.4 is 0 Å². The van der Waals surface area contributed by atoms with Gasteiger partial charge in [0.25, 0.3) is 5.91 Å². The summed E-state index contributed by atoms with van der Waals surface area (Å²) in [5, 5.41) is 0. The summed E-state index contributed by atoms with van der Waals surface area (Å²) < 4.78 is 11.7. The van der Waals surface area contributed by atoms with Gasteiger partial charge in [-0.05, 0) is 50.7 Å². The summed E-state index contributed by atoms with van der Waals surface area (Å²) in [5.74, 6) is 1.26. The summed E-state index contributed by atoms with van der Waals surface area (Å²) in [5.41, 5.74) is -0.0558. The maximum Gasteiger partial charge on any atom is 0.251 e. The second-order valence-electron chi connectivity index (χ2n) is 7.22. The van der Waals surface area contributed by atoms with Crippen LogP contribution in [0.5, 0.6) is 0 Å². The summed E-state index contributed by atoms with van der Waals surface area (Å²) >= 11 is 0. The highest BCUT2D eigenvalue weighted by molar-refractivity contribution is 5.81. The molecule has 5 heteroatoms. The Bertz CT molecular complexity index is 528. The van der Waals surface area contributed by atoms with Crippen LogP contribution in [0.2, 0.25) is 0 Å². The first-order valence-electron chi connectivity index (χ1n) is 8.96. The Morgan fingerprint density at radius 1 is 1.17 bits per heavy atom. The fourth-order valence-electron chi connectivity index (χ4n) is 4.24. The summed E-state index contributed by atoms with van der Waals surface area (Å²) in [6.07, 6.45) is 7.81. The molecule has 1 aromatic heterocycles. The monoisotopic (exact) mass is 318 g/mol. The highest BCUT2D eigenvalue weighted by Crippen LogP contribution is 2.39. The summed E-state index contributed by atoms with van der Waals surface area (Å²) in [4.78, 5) is 16.9. The molecule has 126 valence electrons. The fraction of sp³-hybridized carbons (Fsp3) is 0.722. The van der Waals surface area contributed by atoms with Gasteiger partial charge in [0.2, 0.25) is 0 Å². The quantitative estimate of drug-likeness (QED) is 0.858. The number of furan rings is 1. The van der Waals surface area contributed by atoms with Crippen LogP contribution >= 0.6 is 0 Å². The Morgan fingerprint density at radius 2 is 1.96 bits per heavy atom. The third-order valence-corrected chi connectivity index (χ3v) is 5.67. The van der Waals surface area contributed by atoms with Gasteiger partial charge in [-0.3, -0.25) is 9.69 Å². The summed E-state index contributed by atoms with van der Waals surface area (Å²) in [6, 6.07) is 3.97.